The maximum Gasteiger partial charge on any atom is 0.256 e. The van der Waals surface area contributed by atoms with Gasteiger partial charge in [0.2, 0.25) is 0 Å². The van der Waals surface area contributed by atoms with E-state index in [1.54, 1.807) is 0 Å². The highest BCUT2D eigenvalue weighted by molar-refractivity contribution is 5.86. The van der Waals surface area contributed by atoms with Gasteiger partial charge in [-0.25, -0.2) is 0 Å². The van der Waals surface area contributed by atoms with Crippen molar-refractivity contribution < 1.29 is 0 Å². The van der Waals surface area contributed by atoms with Crippen LogP contribution >= 0.6 is 0 Å². The zero-order valence-corrected chi connectivity index (χ0v) is 12.5. The fourth-order valence-electron chi connectivity index (χ4n) is 3.41. The van der Waals surface area contributed by atoms with Gasteiger partial charge in [0, 0.05) is 11.1 Å². The first-order valence-corrected chi connectivity index (χ1v) is 7.38. The van der Waals surface area contributed by atoms with Crippen molar-refractivity contribution in [3.63, 3.8) is 0 Å². The normalized spacial score (nSPS) is 17.8. The van der Waals surface area contributed by atoms with Crippen molar-refractivity contribution in [2.24, 2.45) is 0 Å². The van der Waals surface area contributed by atoms with Crippen LogP contribution < -0.4 is 5.56 Å². The van der Waals surface area contributed by atoms with Gasteiger partial charge in [-0.3, -0.25) is 4.79 Å². The predicted molar refractivity (Wildman–Crippen MR) is 83.5 cm³/mol. The fourth-order valence-corrected chi connectivity index (χ4v) is 3.41. The molecule has 0 bridgehead atoms. The van der Waals surface area contributed by atoms with Gasteiger partial charge in [0.05, 0.1) is 0 Å². The van der Waals surface area contributed by atoms with E-state index in [2.05, 4.69) is 29.1 Å². The van der Waals surface area contributed by atoms with E-state index in [1.165, 1.54) is 18.4 Å². The summed E-state index contributed by atoms with van der Waals surface area (Å²) in [7, 11) is 2.18. The molecule has 1 N–H and O–H groups in total. The lowest BCUT2D eigenvalue weighted by molar-refractivity contribution is 0.255. The van der Waals surface area contributed by atoms with Crippen molar-refractivity contribution in [1.29, 1.82) is 0 Å². The van der Waals surface area contributed by atoms with Crippen LogP contribution in [0.25, 0.3) is 10.8 Å². The molecule has 0 aliphatic carbocycles. The molecule has 0 spiro atoms. The molecule has 20 heavy (non-hydrogen) atoms. The summed E-state index contributed by atoms with van der Waals surface area (Å²) < 4.78 is 0. The highest BCUT2D eigenvalue weighted by Crippen LogP contribution is 2.33. The lowest BCUT2D eigenvalue weighted by Crippen LogP contribution is -2.30. The van der Waals surface area contributed by atoms with Gasteiger partial charge in [0.25, 0.3) is 5.56 Å². The third-order valence-electron chi connectivity index (χ3n) is 4.54. The minimum atomic E-state index is 0.0397. The molecule has 0 radical (unpaired) electrons. The minimum Gasteiger partial charge on any atom is -0.326 e. The topological polar surface area (TPSA) is 36.1 Å². The smallest absolute Gasteiger partial charge is 0.256 e. The summed E-state index contributed by atoms with van der Waals surface area (Å²) in [4.78, 5) is 17.6. The summed E-state index contributed by atoms with van der Waals surface area (Å²) in [5, 5.41) is 1.98. The maximum atomic E-state index is 12.2. The first kappa shape index (κ1) is 13.4. The highest BCUT2D eigenvalue weighted by Gasteiger charge is 2.22. The molecule has 1 fully saturated rings. The Morgan fingerprint density at radius 1 is 1.15 bits per heavy atom. The number of hydrogen-bond donors (Lipinski definition) is 1. The molecule has 0 atom stereocenters. The van der Waals surface area contributed by atoms with E-state index in [0.717, 1.165) is 35.1 Å². The standard InChI is InChI=1S/C17H22N2O/c1-11-4-5-14-15(10-11)17(20)18-12(2)16(14)13-6-8-19(3)9-7-13/h4-5,10,13H,6-9H2,1-3H3,(H,18,20). The quantitative estimate of drug-likeness (QED) is 0.865. The van der Waals surface area contributed by atoms with Crippen molar-refractivity contribution in [3.05, 3.63) is 45.4 Å². The van der Waals surface area contributed by atoms with Crippen LogP contribution in [0, 0.1) is 13.8 Å². The molecule has 1 aliphatic rings. The summed E-state index contributed by atoms with van der Waals surface area (Å²) in [6, 6.07) is 6.24. The number of likely N-dealkylation sites (tertiary alicyclic amines) is 1. The van der Waals surface area contributed by atoms with Crippen molar-refractivity contribution in [1.82, 2.24) is 9.88 Å². The van der Waals surface area contributed by atoms with Gasteiger partial charge in [0.15, 0.2) is 0 Å². The second-order valence-corrected chi connectivity index (χ2v) is 6.12. The van der Waals surface area contributed by atoms with E-state index < -0.39 is 0 Å². The van der Waals surface area contributed by atoms with E-state index in [0.29, 0.717) is 5.92 Å². The highest BCUT2D eigenvalue weighted by atomic mass is 16.1. The van der Waals surface area contributed by atoms with E-state index in [1.807, 2.05) is 19.9 Å². The summed E-state index contributed by atoms with van der Waals surface area (Å²) in [5.41, 5.74) is 3.58. The van der Waals surface area contributed by atoms with Crippen molar-refractivity contribution in [3.8, 4) is 0 Å². The average Bonchev–Trinajstić information content (AvgIpc) is 2.41. The Hall–Kier alpha value is -1.61. The number of aromatic amines is 1. The summed E-state index contributed by atoms with van der Waals surface area (Å²) in [6.07, 6.45) is 2.35. The molecule has 1 aliphatic heterocycles. The molecule has 3 rings (SSSR count). The van der Waals surface area contributed by atoms with Crippen molar-refractivity contribution in [2.75, 3.05) is 20.1 Å². The lowest BCUT2D eigenvalue weighted by Gasteiger charge is -2.30. The Morgan fingerprint density at radius 3 is 2.55 bits per heavy atom. The Bertz CT molecular complexity index is 694. The Labute approximate surface area is 119 Å². The number of nitrogens with zero attached hydrogens (tertiary/aromatic N) is 1. The van der Waals surface area contributed by atoms with Gasteiger partial charge >= 0.3 is 0 Å². The zero-order valence-electron chi connectivity index (χ0n) is 12.5. The number of benzene rings is 1. The van der Waals surface area contributed by atoms with Gasteiger partial charge in [0.1, 0.15) is 0 Å². The number of H-pyrrole nitrogens is 1. The number of hydrogen-bond acceptors (Lipinski definition) is 2. The van der Waals surface area contributed by atoms with E-state index >= 15 is 0 Å². The van der Waals surface area contributed by atoms with E-state index in [-0.39, 0.29) is 5.56 Å². The predicted octanol–water partition coefficient (Wildman–Crippen LogP) is 2.95. The zero-order chi connectivity index (χ0) is 14.3. The number of aromatic nitrogens is 1. The monoisotopic (exact) mass is 270 g/mol. The van der Waals surface area contributed by atoms with Gasteiger partial charge < -0.3 is 9.88 Å². The molecule has 106 valence electrons. The molecule has 0 amide bonds. The molecular formula is C17H22N2O. The second kappa shape index (κ2) is 5.06. The molecular weight excluding hydrogens is 248 g/mol. The number of fused-ring (bicyclic) bond motifs is 1. The molecule has 1 saturated heterocycles. The van der Waals surface area contributed by atoms with Gasteiger partial charge in [-0.1, -0.05) is 17.7 Å². The molecule has 2 aromatic rings. The largest absolute Gasteiger partial charge is 0.326 e. The van der Waals surface area contributed by atoms with Gasteiger partial charge in [-0.15, -0.1) is 0 Å². The van der Waals surface area contributed by atoms with Crippen molar-refractivity contribution >= 4 is 10.8 Å². The summed E-state index contributed by atoms with van der Waals surface area (Å²) in [5.74, 6) is 0.563. The third kappa shape index (κ3) is 2.27. The van der Waals surface area contributed by atoms with E-state index in [4.69, 9.17) is 0 Å². The molecule has 1 aromatic carbocycles. The fraction of sp³-hybridized carbons (Fsp3) is 0.471. The Kier molecular flexibility index (Phi) is 3.38. The first-order chi connectivity index (χ1) is 9.56. The van der Waals surface area contributed by atoms with Gasteiger partial charge in [-0.05, 0) is 69.8 Å². The Morgan fingerprint density at radius 2 is 1.85 bits per heavy atom. The van der Waals surface area contributed by atoms with Crippen LogP contribution in [0.5, 0.6) is 0 Å². The Balaban J connectivity index is 2.17. The third-order valence-corrected chi connectivity index (χ3v) is 4.54. The molecule has 1 aromatic heterocycles. The molecule has 2 heterocycles. The van der Waals surface area contributed by atoms with E-state index in [9.17, 15) is 4.79 Å². The molecule has 3 heteroatoms. The van der Waals surface area contributed by atoms with Crippen LogP contribution in [0.1, 0.15) is 35.6 Å². The van der Waals surface area contributed by atoms with Crippen LogP contribution in [-0.2, 0) is 0 Å². The molecule has 0 unspecified atom stereocenters. The van der Waals surface area contributed by atoms with Crippen LogP contribution in [0.2, 0.25) is 0 Å². The van der Waals surface area contributed by atoms with Crippen LogP contribution in [-0.4, -0.2) is 30.0 Å². The lowest BCUT2D eigenvalue weighted by atomic mass is 9.85. The van der Waals surface area contributed by atoms with Crippen LogP contribution in [0.3, 0.4) is 0 Å². The van der Waals surface area contributed by atoms with Crippen LogP contribution in [0.15, 0.2) is 23.0 Å². The summed E-state index contributed by atoms with van der Waals surface area (Å²) in [6.45, 7) is 6.34. The minimum absolute atomic E-state index is 0.0397. The number of aryl methyl sites for hydroxylation is 2. The number of pyridine rings is 1. The van der Waals surface area contributed by atoms with Crippen LogP contribution in [0.4, 0.5) is 0 Å². The summed E-state index contributed by atoms with van der Waals surface area (Å²) >= 11 is 0. The molecule has 0 saturated carbocycles. The second-order valence-electron chi connectivity index (χ2n) is 6.12. The number of rotatable bonds is 1. The first-order valence-electron chi connectivity index (χ1n) is 7.38. The number of nitrogens with one attached hydrogen (secondary N) is 1. The average molecular weight is 270 g/mol. The SMILES string of the molecule is Cc1ccc2c(C3CCN(C)CC3)c(C)[nH]c(=O)c2c1. The van der Waals surface area contributed by atoms with Crippen molar-refractivity contribution in [2.45, 2.75) is 32.6 Å². The number of piperidine rings is 1. The maximum absolute atomic E-state index is 12.2. The van der Waals surface area contributed by atoms with Gasteiger partial charge in [-0.2, -0.15) is 0 Å². The molecule has 3 nitrogen and oxygen atoms in total.